The first kappa shape index (κ1) is 19.8. The van der Waals surface area contributed by atoms with Gasteiger partial charge in [-0.25, -0.2) is 0 Å². The molecule has 2 aromatic carbocycles. The van der Waals surface area contributed by atoms with Crippen molar-refractivity contribution >= 4 is 29.1 Å². The highest BCUT2D eigenvalue weighted by atomic mass is 35.5. The van der Waals surface area contributed by atoms with Crippen LogP contribution in [0.2, 0.25) is 5.02 Å². The molecule has 6 heteroatoms. The minimum atomic E-state index is -0.0974. The summed E-state index contributed by atoms with van der Waals surface area (Å²) >= 11 is 6.14. The van der Waals surface area contributed by atoms with E-state index in [2.05, 4.69) is 5.32 Å². The van der Waals surface area contributed by atoms with E-state index in [-0.39, 0.29) is 18.2 Å². The van der Waals surface area contributed by atoms with Crippen molar-refractivity contribution in [1.29, 1.82) is 0 Å². The van der Waals surface area contributed by atoms with Gasteiger partial charge in [0.1, 0.15) is 5.75 Å². The first-order valence-corrected chi connectivity index (χ1v) is 8.73. The van der Waals surface area contributed by atoms with Gasteiger partial charge in [-0.1, -0.05) is 29.8 Å². The van der Waals surface area contributed by atoms with Crippen molar-refractivity contribution in [2.45, 2.75) is 20.3 Å². The highest BCUT2D eigenvalue weighted by Gasteiger charge is 2.15. The monoisotopic (exact) mass is 374 g/mol. The van der Waals surface area contributed by atoms with Crippen LogP contribution in [0.3, 0.4) is 0 Å². The van der Waals surface area contributed by atoms with Gasteiger partial charge in [-0.05, 0) is 42.3 Å². The number of benzene rings is 2. The number of amides is 2. The largest absolute Gasteiger partial charge is 0.497 e. The molecule has 0 saturated carbocycles. The summed E-state index contributed by atoms with van der Waals surface area (Å²) in [5.74, 6) is 0.560. The van der Waals surface area contributed by atoms with Gasteiger partial charge in [0.2, 0.25) is 11.8 Å². The lowest BCUT2D eigenvalue weighted by molar-refractivity contribution is -0.121. The summed E-state index contributed by atoms with van der Waals surface area (Å²) in [5.41, 5.74) is 2.50. The van der Waals surface area contributed by atoms with Crippen LogP contribution in [0.15, 0.2) is 42.5 Å². The molecule has 2 rings (SSSR count). The lowest BCUT2D eigenvalue weighted by atomic mass is 10.1. The smallest absolute Gasteiger partial charge is 0.224 e. The number of hydrogen-bond acceptors (Lipinski definition) is 3. The van der Waals surface area contributed by atoms with Gasteiger partial charge < -0.3 is 15.0 Å². The fraction of sp³-hybridized carbons (Fsp3) is 0.300. The molecule has 5 nitrogen and oxygen atoms in total. The Morgan fingerprint density at radius 1 is 1.15 bits per heavy atom. The molecule has 2 aromatic rings. The van der Waals surface area contributed by atoms with Gasteiger partial charge >= 0.3 is 0 Å². The summed E-state index contributed by atoms with van der Waals surface area (Å²) in [6.07, 6.45) is 0.278. The molecule has 26 heavy (non-hydrogen) atoms. The molecule has 0 aliphatic rings. The van der Waals surface area contributed by atoms with E-state index >= 15 is 0 Å². The Kier molecular flexibility index (Phi) is 7.04. The first-order valence-electron chi connectivity index (χ1n) is 8.35. The molecule has 1 N–H and O–H groups in total. The van der Waals surface area contributed by atoms with E-state index in [1.807, 2.05) is 43.3 Å². The van der Waals surface area contributed by atoms with Crippen LogP contribution >= 0.6 is 11.6 Å². The highest BCUT2D eigenvalue weighted by Crippen LogP contribution is 2.26. The van der Waals surface area contributed by atoms with Crippen LogP contribution in [0, 0.1) is 6.92 Å². The standard InChI is InChI=1S/C20H23ClN2O3/c1-14-18(21)5-4-6-19(14)23(15(2)24)12-11-22-20(25)13-16-7-9-17(26-3)10-8-16/h4-10H,11-13H2,1-3H3,(H,22,25). The summed E-state index contributed by atoms with van der Waals surface area (Å²) in [4.78, 5) is 25.7. The van der Waals surface area contributed by atoms with Gasteiger partial charge in [0.25, 0.3) is 0 Å². The summed E-state index contributed by atoms with van der Waals surface area (Å²) < 4.78 is 5.10. The minimum absolute atomic E-state index is 0.0958. The number of halogens is 1. The third-order valence-corrected chi connectivity index (χ3v) is 4.50. The van der Waals surface area contributed by atoms with Gasteiger partial charge in [-0.3, -0.25) is 9.59 Å². The van der Waals surface area contributed by atoms with Gasteiger partial charge in [0, 0.05) is 30.7 Å². The van der Waals surface area contributed by atoms with Gasteiger partial charge in [-0.15, -0.1) is 0 Å². The summed E-state index contributed by atoms with van der Waals surface area (Å²) in [7, 11) is 1.60. The molecule has 0 fully saturated rings. The van der Waals surface area contributed by atoms with Crippen molar-refractivity contribution in [3.8, 4) is 5.75 Å². The molecule has 0 saturated heterocycles. The van der Waals surface area contributed by atoms with Crippen LogP contribution in [-0.4, -0.2) is 32.0 Å². The number of ether oxygens (including phenoxy) is 1. The average Bonchev–Trinajstić information content (AvgIpc) is 2.62. The average molecular weight is 375 g/mol. The van der Waals surface area contributed by atoms with E-state index in [1.54, 1.807) is 18.1 Å². The van der Waals surface area contributed by atoms with Gasteiger partial charge in [0.05, 0.1) is 13.5 Å². The fourth-order valence-corrected chi connectivity index (χ4v) is 2.80. The number of nitrogens with zero attached hydrogens (tertiary/aromatic N) is 1. The molecular weight excluding hydrogens is 352 g/mol. The Hall–Kier alpha value is -2.53. The van der Waals surface area contributed by atoms with E-state index < -0.39 is 0 Å². The van der Waals surface area contributed by atoms with Crippen molar-refractivity contribution in [2.24, 2.45) is 0 Å². The number of anilines is 1. The highest BCUT2D eigenvalue weighted by molar-refractivity contribution is 6.31. The van der Waals surface area contributed by atoms with Crippen molar-refractivity contribution in [3.05, 3.63) is 58.6 Å². The van der Waals surface area contributed by atoms with E-state index in [1.165, 1.54) is 6.92 Å². The zero-order valence-electron chi connectivity index (χ0n) is 15.2. The number of rotatable bonds is 7. The molecule has 0 heterocycles. The molecule has 0 spiro atoms. The van der Waals surface area contributed by atoms with Crippen molar-refractivity contribution in [2.75, 3.05) is 25.1 Å². The molecule has 0 aromatic heterocycles. The van der Waals surface area contributed by atoms with E-state index in [0.717, 1.165) is 22.6 Å². The van der Waals surface area contributed by atoms with E-state index in [9.17, 15) is 9.59 Å². The molecule has 0 aliphatic heterocycles. The summed E-state index contributed by atoms with van der Waals surface area (Å²) in [6.45, 7) is 4.11. The molecule has 0 aliphatic carbocycles. The molecule has 0 unspecified atom stereocenters. The van der Waals surface area contributed by atoms with E-state index in [0.29, 0.717) is 18.1 Å². The predicted molar refractivity (Wildman–Crippen MR) is 104 cm³/mol. The van der Waals surface area contributed by atoms with Crippen LogP contribution in [0.4, 0.5) is 5.69 Å². The molecule has 2 amide bonds. The molecule has 0 radical (unpaired) electrons. The minimum Gasteiger partial charge on any atom is -0.497 e. The first-order chi connectivity index (χ1) is 12.4. The lowest BCUT2D eigenvalue weighted by Crippen LogP contribution is -2.38. The fourth-order valence-electron chi connectivity index (χ4n) is 2.63. The van der Waals surface area contributed by atoms with Crippen LogP contribution in [0.5, 0.6) is 5.75 Å². The second-order valence-electron chi connectivity index (χ2n) is 5.93. The van der Waals surface area contributed by atoms with Crippen LogP contribution in [0.25, 0.3) is 0 Å². The van der Waals surface area contributed by atoms with Crippen molar-refractivity contribution < 1.29 is 14.3 Å². The Bertz CT molecular complexity index is 775. The van der Waals surface area contributed by atoms with Crippen molar-refractivity contribution in [1.82, 2.24) is 5.32 Å². The zero-order valence-corrected chi connectivity index (χ0v) is 16.0. The van der Waals surface area contributed by atoms with Crippen LogP contribution < -0.4 is 15.0 Å². The molecule has 138 valence electrons. The summed E-state index contributed by atoms with van der Waals surface area (Å²) in [6, 6.07) is 12.8. The zero-order chi connectivity index (χ0) is 19.1. The predicted octanol–water partition coefficient (Wildman–Crippen LogP) is 3.37. The lowest BCUT2D eigenvalue weighted by Gasteiger charge is -2.23. The van der Waals surface area contributed by atoms with Gasteiger partial charge in [-0.2, -0.15) is 0 Å². The SMILES string of the molecule is COc1ccc(CC(=O)NCCN(C(C)=O)c2cccc(Cl)c2C)cc1. The number of carbonyl (C=O) groups is 2. The Balaban J connectivity index is 1.92. The maximum atomic E-state index is 12.1. The second-order valence-corrected chi connectivity index (χ2v) is 6.34. The Labute approximate surface area is 158 Å². The number of methoxy groups -OCH3 is 1. The molecule has 0 atom stereocenters. The third-order valence-electron chi connectivity index (χ3n) is 4.09. The Morgan fingerprint density at radius 3 is 2.46 bits per heavy atom. The second kappa shape index (κ2) is 9.25. The maximum Gasteiger partial charge on any atom is 0.224 e. The Morgan fingerprint density at radius 2 is 1.85 bits per heavy atom. The molecule has 0 bridgehead atoms. The van der Waals surface area contributed by atoms with Crippen LogP contribution in [-0.2, 0) is 16.0 Å². The quantitative estimate of drug-likeness (QED) is 0.808. The van der Waals surface area contributed by atoms with E-state index in [4.69, 9.17) is 16.3 Å². The summed E-state index contributed by atoms with van der Waals surface area (Å²) in [5, 5.41) is 3.46. The third kappa shape index (κ3) is 5.23. The maximum absolute atomic E-state index is 12.1. The van der Waals surface area contributed by atoms with Crippen molar-refractivity contribution in [3.63, 3.8) is 0 Å². The number of nitrogens with one attached hydrogen (secondary N) is 1. The number of hydrogen-bond donors (Lipinski definition) is 1. The normalized spacial score (nSPS) is 10.3. The van der Waals surface area contributed by atoms with Crippen LogP contribution in [0.1, 0.15) is 18.1 Å². The number of carbonyl (C=O) groups excluding carboxylic acids is 2. The molecular formula is C20H23ClN2O3. The topological polar surface area (TPSA) is 58.6 Å². The van der Waals surface area contributed by atoms with Gasteiger partial charge in [0.15, 0.2) is 0 Å².